The van der Waals surface area contributed by atoms with E-state index in [-0.39, 0.29) is 5.56 Å². The van der Waals surface area contributed by atoms with Gasteiger partial charge in [-0.15, -0.1) is 0 Å². The molecule has 0 radical (unpaired) electrons. The van der Waals surface area contributed by atoms with Crippen LogP contribution in [0.3, 0.4) is 0 Å². The third-order valence-corrected chi connectivity index (χ3v) is 3.23. The smallest absolute Gasteiger partial charge is 0.294 e. The Kier molecular flexibility index (Phi) is 5.46. The average molecular weight is 303 g/mol. The minimum Gasteiger partial charge on any atom is -0.294 e. The lowest BCUT2D eigenvalue weighted by molar-refractivity contribution is -0.385. The normalized spacial score (nSPS) is 13.0. The van der Waals surface area contributed by atoms with E-state index in [0.717, 1.165) is 18.9 Å². The van der Waals surface area contributed by atoms with E-state index in [0.29, 0.717) is 18.6 Å². The maximum atomic E-state index is 12.6. The summed E-state index contributed by atoms with van der Waals surface area (Å²) in [4.78, 5) is 22.1. The van der Waals surface area contributed by atoms with Gasteiger partial charge in [-0.05, 0) is 18.6 Å². The van der Waals surface area contributed by atoms with E-state index in [2.05, 4.69) is 0 Å². The Hall–Kier alpha value is -1.92. The maximum absolute atomic E-state index is 12.6. The van der Waals surface area contributed by atoms with Crippen LogP contribution in [0.5, 0.6) is 0 Å². The third kappa shape index (κ3) is 4.27. The summed E-state index contributed by atoms with van der Waals surface area (Å²) < 4.78 is 37.7. The van der Waals surface area contributed by atoms with E-state index >= 15 is 0 Å². The Balaban J connectivity index is 3.18. The van der Waals surface area contributed by atoms with Crippen molar-refractivity contribution in [3.05, 3.63) is 39.4 Å². The number of hydrogen-bond donors (Lipinski definition) is 0. The Labute approximate surface area is 120 Å². The minimum absolute atomic E-state index is 0.267. The second kappa shape index (κ2) is 6.69. The molecule has 21 heavy (non-hydrogen) atoms. The van der Waals surface area contributed by atoms with Crippen molar-refractivity contribution >= 4 is 11.5 Å². The molecule has 0 aliphatic carbocycles. The molecule has 1 unspecified atom stereocenters. The van der Waals surface area contributed by atoms with Gasteiger partial charge in [-0.3, -0.25) is 14.9 Å². The van der Waals surface area contributed by atoms with Gasteiger partial charge >= 0.3 is 6.18 Å². The first-order chi connectivity index (χ1) is 9.68. The number of carbonyl (C=O) groups is 1. The molecule has 0 aliphatic rings. The van der Waals surface area contributed by atoms with Gasteiger partial charge in [0, 0.05) is 12.0 Å². The van der Waals surface area contributed by atoms with Gasteiger partial charge in [0.05, 0.1) is 16.1 Å². The van der Waals surface area contributed by atoms with E-state index in [1.165, 1.54) is 0 Å². The lowest BCUT2D eigenvalue weighted by Gasteiger charge is -2.12. The molecule has 0 heterocycles. The molecule has 0 bridgehead atoms. The van der Waals surface area contributed by atoms with Gasteiger partial charge in [0.1, 0.15) is 0 Å². The predicted molar refractivity (Wildman–Crippen MR) is 71.1 cm³/mol. The van der Waals surface area contributed by atoms with Gasteiger partial charge in [-0.2, -0.15) is 13.2 Å². The van der Waals surface area contributed by atoms with Crippen LogP contribution in [-0.4, -0.2) is 10.7 Å². The third-order valence-electron chi connectivity index (χ3n) is 3.23. The second-order valence-corrected chi connectivity index (χ2v) is 4.89. The van der Waals surface area contributed by atoms with Crippen LogP contribution in [0.1, 0.15) is 49.0 Å². The van der Waals surface area contributed by atoms with E-state index < -0.39 is 34.1 Å². The summed E-state index contributed by atoms with van der Waals surface area (Å²) in [5.41, 5.74) is -2.19. The molecule has 0 amide bonds. The predicted octanol–water partition coefficient (Wildman–Crippen LogP) is 4.62. The van der Waals surface area contributed by atoms with Crippen molar-refractivity contribution in [2.75, 3.05) is 0 Å². The van der Waals surface area contributed by atoms with Crippen LogP contribution >= 0.6 is 0 Å². The van der Waals surface area contributed by atoms with Crippen LogP contribution in [0, 0.1) is 16.0 Å². The molecular formula is C14H16F3NO3. The number of Topliss-reactive ketones (excluding diaryl/α,β-unsaturated/α-hetero) is 1. The standard InChI is InChI=1S/C14H16F3NO3/c1-3-4-5-9(2)13(19)11-7-6-10(14(15,16)17)8-12(11)18(20)21/h6-9H,3-5H2,1-2H3. The number of benzene rings is 1. The first-order valence-corrected chi connectivity index (χ1v) is 6.58. The van der Waals surface area contributed by atoms with E-state index in [1.54, 1.807) is 6.92 Å². The van der Waals surface area contributed by atoms with Crippen LogP contribution in [0.2, 0.25) is 0 Å². The molecule has 116 valence electrons. The number of nitrogens with zero attached hydrogens (tertiary/aromatic N) is 1. The van der Waals surface area contributed by atoms with Gasteiger partial charge < -0.3 is 0 Å². The molecule has 1 aromatic rings. The van der Waals surface area contributed by atoms with Crippen LogP contribution in [0.25, 0.3) is 0 Å². The highest BCUT2D eigenvalue weighted by Gasteiger charge is 2.34. The molecular weight excluding hydrogens is 287 g/mol. The summed E-state index contributed by atoms with van der Waals surface area (Å²) in [6.45, 7) is 3.57. The number of alkyl halides is 3. The summed E-state index contributed by atoms with van der Waals surface area (Å²) in [7, 11) is 0. The summed E-state index contributed by atoms with van der Waals surface area (Å²) in [5, 5.41) is 10.9. The highest BCUT2D eigenvalue weighted by Crippen LogP contribution is 2.34. The van der Waals surface area contributed by atoms with Crippen LogP contribution in [-0.2, 0) is 6.18 Å². The first kappa shape index (κ1) is 17.1. The Morgan fingerprint density at radius 2 is 2.00 bits per heavy atom. The van der Waals surface area contributed by atoms with Crippen LogP contribution < -0.4 is 0 Å². The van der Waals surface area contributed by atoms with Gasteiger partial charge in [-0.25, -0.2) is 0 Å². The molecule has 1 rings (SSSR count). The number of nitro benzene ring substituents is 1. The zero-order chi connectivity index (χ0) is 16.2. The molecule has 0 aromatic heterocycles. The molecule has 1 aromatic carbocycles. The maximum Gasteiger partial charge on any atom is 0.416 e. The van der Waals surface area contributed by atoms with Gasteiger partial charge in [0.2, 0.25) is 0 Å². The van der Waals surface area contributed by atoms with Crippen molar-refractivity contribution in [3.8, 4) is 0 Å². The van der Waals surface area contributed by atoms with Gasteiger partial charge in [0.15, 0.2) is 5.78 Å². The quantitative estimate of drug-likeness (QED) is 0.437. The fourth-order valence-corrected chi connectivity index (χ4v) is 1.97. The first-order valence-electron chi connectivity index (χ1n) is 6.58. The van der Waals surface area contributed by atoms with Crippen molar-refractivity contribution < 1.29 is 22.9 Å². The minimum atomic E-state index is -4.68. The topological polar surface area (TPSA) is 60.2 Å². The average Bonchev–Trinajstić information content (AvgIpc) is 2.42. The molecule has 0 spiro atoms. The lowest BCUT2D eigenvalue weighted by atomic mass is 9.93. The number of hydrogen-bond acceptors (Lipinski definition) is 3. The van der Waals surface area contributed by atoms with E-state index in [1.807, 2.05) is 6.92 Å². The fraction of sp³-hybridized carbons (Fsp3) is 0.500. The van der Waals surface area contributed by atoms with Crippen LogP contribution in [0.4, 0.5) is 18.9 Å². The molecule has 0 N–H and O–H groups in total. The molecule has 1 atom stereocenters. The monoisotopic (exact) mass is 303 g/mol. The fourth-order valence-electron chi connectivity index (χ4n) is 1.97. The van der Waals surface area contributed by atoms with Crippen molar-refractivity contribution in [3.63, 3.8) is 0 Å². The van der Waals surface area contributed by atoms with Gasteiger partial charge in [-0.1, -0.05) is 26.7 Å². The van der Waals surface area contributed by atoms with Crippen LogP contribution in [0.15, 0.2) is 18.2 Å². The van der Waals surface area contributed by atoms with Crippen molar-refractivity contribution in [2.24, 2.45) is 5.92 Å². The Morgan fingerprint density at radius 1 is 1.38 bits per heavy atom. The number of halogens is 3. The number of rotatable bonds is 6. The molecule has 0 fully saturated rings. The zero-order valence-electron chi connectivity index (χ0n) is 11.7. The zero-order valence-corrected chi connectivity index (χ0v) is 11.7. The Morgan fingerprint density at radius 3 is 2.48 bits per heavy atom. The number of nitro groups is 1. The molecule has 0 saturated carbocycles. The SMILES string of the molecule is CCCCC(C)C(=O)c1ccc(C(F)(F)F)cc1[N+](=O)[O-]. The van der Waals surface area contributed by atoms with Crippen molar-refractivity contribution in [1.82, 2.24) is 0 Å². The van der Waals surface area contributed by atoms with E-state index in [4.69, 9.17) is 0 Å². The number of carbonyl (C=O) groups excluding carboxylic acids is 1. The summed E-state index contributed by atoms with van der Waals surface area (Å²) in [6, 6.07) is 2.01. The Bertz CT molecular complexity index is 541. The largest absolute Gasteiger partial charge is 0.416 e. The number of ketones is 1. The van der Waals surface area contributed by atoms with Crippen molar-refractivity contribution in [1.29, 1.82) is 0 Å². The van der Waals surface area contributed by atoms with E-state index in [9.17, 15) is 28.1 Å². The molecule has 0 aliphatic heterocycles. The van der Waals surface area contributed by atoms with Crippen molar-refractivity contribution in [2.45, 2.75) is 39.3 Å². The molecule has 7 heteroatoms. The summed E-state index contributed by atoms with van der Waals surface area (Å²) >= 11 is 0. The molecule has 4 nitrogen and oxygen atoms in total. The molecule has 0 saturated heterocycles. The number of unbranched alkanes of at least 4 members (excludes halogenated alkanes) is 1. The second-order valence-electron chi connectivity index (χ2n) is 4.89. The summed E-state index contributed by atoms with van der Waals surface area (Å²) in [5.74, 6) is -0.954. The van der Waals surface area contributed by atoms with Gasteiger partial charge in [0.25, 0.3) is 5.69 Å². The highest BCUT2D eigenvalue weighted by molar-refractivity contribution is 6.01. The lowest BCUT2D eigenvalue weighted by Crippen LogP contribution is -2.15. The summed E-state index contributed by atoms with van der Waals surface area (Å²) in [6.07, 6.45) is -2.48. The highest BCUT2D eigenvalue weighted by atomic mass is 19.4.